The van der Waals surface area contributed by atoms with Crippen molar-refractivity contribution < 1.29 is 0 Å². The molecule has 0 N–H and O–H groups in total. The van der Waals surface area contributed by atoms with Crippen molar-refractivity contribution in [3.8, 4) is 0 Å². The van der Waals surface area contributed by atoms with Gasteiger partial charge in [-0.1, -0.05) is 183 Å². The van der Waals surface area contributed by atoms with E-state index in [9.17, 15) is 0 Å². The molecule has 0 atom stereocenters. The summed E-state index contributed by atoms with van der Waals surface area (Å²) in [4.78, 5) is 5.41. The molecule has 1 aliphatic heterocycles. The number of para-hydroxylation sites is 2. The van der Waals surface area contributed by atoms with Crippen molar-refractivity contribution >= 4 is 35.2 Å². The molecule has 0 unspecified atom stereocenters. The highest BCUT2D eigenvalue weighted by Crippen LogP contribution is 2.51. The highest BCUT2D eigenvalue weighted by molar-refractivity contribution is 6.86. The standard InChI is InChI=1S/C44H49BN2/c1-30(2)37-26-18-27-38(31(3)4)43(37)46-41(34-20-12-9-13-21-34)42(35-22-14-10-15-23-35)47(45(46)36-24-16-11-17-25-36)44-39(32(5)6)28-19-29-40(44)33(7)8/h9-33H,1-8H3. The van der Waals surface area contributed by atoms with Gasteiger partial charge in [0.25, 0.3) is 0 Å². The van der Waals surface area contributed by atoms with Gasteiger partial charge < -0.3 is 9.62 Å². The Morgan fingerprint density at radius 1 is 0.362 bits per heavy atom. The summed E-state index contributed by atoms with van der Waals surface area (Å²) in [6.45, 7) is 18.6. The molecule has 47 heavy (non-hydrogen) atoms. The first-order chi connectivity index (χ1) is 22.7. The van der Waals surface area contributed by atoms with Gasteiger partial charge >= 0.3 is 6.98 Å². The molecule has 5 aromatic rings. The Hall–Kier alpha value is -4.50. The molecule has 0 spiro atoms. The zero-order chi connectivity index (χ0) is 33.2. The minimum absolute atomic E-state index is 0.114. The Morgan fingerprint density at radius 2 is 0.660 bits per heavy atom. The Balaban J connectivity index is 1.86. The average molecular weight is 617 g/mol. The summed E-state index contributed by atoms with van der Waals surface area (Å²) < 4.78 is 0. The first-order valence-corrected chi connectivity index (χ1v) is 17.4. The van der Waals surface area contributed by atoms with E-state index < -0.39 is 0 Å². The molecule has 1 aliphatic rings. The van der Waals surface area contributed by atoms with Gasteiger partial charge in [0, 0.05) is 11.4 Å². The minimum atomic E-state index is -0.114. The van der Waals surface area contributed by atoms with Crippen LogP contribution >= 0.6 is 0 Å². The molecule has 1 heterocycles. The molecular weight excluding hydrogens is 567 g/mol. The number of anilines is 2. The lowest BCUT2D eigenvalue weighted by Crippen LogP contribution is -2.55. The predicted molar refractivity (Wildman–Crippen MR) is 206 cm³/mol. The van der Waals surface area contributed by atoms with E-state index in [2.05, 4.69) is 192 Å². The fourth-order valence-electron chi connectivity index (χ4n) is 7.30. The summed E-state index contributed by atoms with van der Waals surface area (Å²) in [5.74, 6) is 1.39. The Morgan fingerprint density at radius 3 is 0.957 bits per heavy atom. The van der Waals surface area contributed by atoms with Crippen molar-refractivity contribution in [3.05, 3.63) is 161 Å². The van der Waals surface area contributed by atoms with Crippen molar-refractivity contribution in [3.63, 3.8) is 0 Å². The number of rotatable bonds is 9. The number of hydrogen-bond donors (Lipinski definition) is 0. The van der Waals surface area contributed by atoms with Crippen LogP contribution in [0.2, 0.25) is 0 Å². The van der Waals surface area contributed by atoms with Crippen molar-refractivity contribution in [1.29, 1.82) is 0 Å². The fraction of sp³-hybridized carbons (Fsp3) is 0.273. The van der Waals surface area contributed by atoms with Gasteiger partial charge in [0.1, 0.15) is 0 Å². The Kier molecular flexibility index (Phi) is 9.46. The van der Waals surface area contributed by atoms with Crippen LogP contribution in [0.5, 0.6) is 0 Å². The maximum absolute atomic E-state index is 2.71. The molecule has 3 heteroatoms. The molecule has 0 saturated carbocycles. The summed E-state index contributed by atoms with van der Waals surface area (Å²) in [6, 6.07) is 47.3. The molecule has 6 rings (SSSR count). The van der Waals surface area contributed by atoms with Gasteiger partial charge in [-0.2, -0.15) is 0 Å². The van der Waals surface area contributed by atoms with Crippen molar-refractivity contribution in [2.24, 2.45) is 0 Å². The van der Waals surface area contributed by atoms with E-state index >= 15 is 0 Å². The summed E-state index contributed by atoms with van der Waals surface area (Å²) in [7, 11) is 0. The lowest BCUT2D eigenvalue weighted by Gasteiger charge is -2.38. The molecule has 0 bridgehead atoms. The third-order valence-electron chi connectivity index (χ3n) is 9.55. The molecule has 0 radical (unpaired) electrons. The highest BCUT2D eigenvalue weighted by Gasteiger charge is 2.48. The van der Waals surface area contributed by atoms with Crippen LogP contribution in [0.3, 0.4) is 0 Å². The number of nitrogens with zero attached hydrogens (tertiary/aromatic N) is 2. The second-order valence-corrected chi connectivity index (χ2v) is 14.1. The lowest BCUT2D eigenvalue weighted by atomic mass is 9.62. The average Bonchev–Trinajstić information content (AvgIpc) is 3.44. The SMILES string of the molecule is CC(C)c1cccc(C(C)C)c1N1B(c2ccccc2)N(c2c(C(C)C)cccc2C(C)C)C(c2ccccc2)=C1c1ccccc1. The largest absolute Gasteiger partial charge is 0.420 e. The number of benzene rings is 5. The first kappa shape index (κ1) is 32.4. The van der Waals surface area contributed by atoms with Crippen molar-refractivity contribution in [2.45, 2.75) is 79.1 Å². The normalized spacial score (nSPS) is 13.7. The maximum Gasteiger partial charge on any atom is 0.420 e. The topological polar surface area (TPSA) is 6.48 Å². The predicted octanol–water partition coefficient (Wildman–Crippen LogP) is 11.4. The van der Waals surface area contributed by atoms with Crippen LogP contribution in [0.25, 0.3) is 11.4 Å². The Bertz CT molecular complexity index is 1670. The van der Waals surface area contributed by atoms with E-state index in [1.807, 2.05) is 0 Å². The van der Waals surface area contributed by atoms with Gasteiger partial charge in [-0.3, -0.25) is 0 Å². The zero-order valence-corrected chi connectivity index (χ0v) is 29.4. The maximum atomic E-state index is 2.71. The second kappa shape index (κ2) is 13.7. The quantitative estimate of drug-likeness (QED) is 0.152. The molecule has 0 aliphatic carbocycles. The summed E-state index contributed by atoms with van der Waals surface area (Å²) in [5, 5.41) is 0. The van der Waals surface area contributed by atoms with Crippen LogP contribution in [-0.4, -0.2) is 6.98 Å². The summed E-state index contributed by atoms with van der Waals surface area (Å²) >= 11 is 0. The van der Waals surface area contributed by atoms with E-state index in [1.165, 1.54) is 61.6 Å². The van der Waals surface area contributed by atoms with Crippen LogP contribution in [0.1, 0.15) is 112 Å². The fourth-order valence-corrected chi connectivity index (χ4v) is 7.30. The van der Waals surface area contributed by atoms with Gasteiger partial charge in [0.15, 0.2) is 0 Å². The van der Waals surface area contributed by atoms with E-state index in [0.717, 1.165) is 0 Å². The smallest absolute Gasteiger partial charge is 0.359 e. The molecular formula is C44H49BN2. The van der Waals surface area contributed by atoms with Crippen LogP contribution in [-0.2, 0) is 0 Å². The van der Waals surface area contributed by atoms with E-state index in [1.54, 1.807) is 0 Å². The molecule has 238 valence electrons. The van der Waals surface area contributed by atoms with E-state index in [0.29, 0.717) is 23.7 Å². The van der Waals surface area contributed by atoms with Gasteiger partial charge in [-0.15, -0.1) is 0 Å². The molecule has 5 aromatic carbocycles. The van der Waals surface area contributed by atoms with Gasteiger partial charge in [-0.25, -0.2) is 0 Å². The lowest BCUT2D eigenvalue weighted by molar-refractivity contribution is 0.832. The minimum Gasteiger partial charge on any atom is -0.359 e. The van der Waals surface area contributed by atoms with Crippen molar-refractivity contribution in [1.82, 2.24) is 0 Å². The highest BCUT2D eigenvalue weighted by atomic mass is 15.3. The monoisotopic (exact) mass is 616 g/mol. The Labute approximate surface area is 283 Å². The zero-order valence-electron chi connectivity index (χ0n) is 29.4. The van der Waals surface area contributed by atoms with E-state index in [4.69, 9.17) is 0 Å². The molecule has 0 saturated heterocycles. The first-order valence-electron chi connectivity index (χ1n) is 17.4. The van der Waals surface area contributed by atoms with Gasteiger partial charge in [0.05, 0.1) is 11.4 Å². The summed E-state index contributed by atoms with van der Waals surface area (Å²) in [6.07, 6.45) is 0. The van der Waals surface area contributed by atoms with Gasteiger partial charge in [0.2, 0.25) is 0 Å². The molecule has 0 fully saturated rings. The molecule has 0 aromatic heterocycles. The second-order valence-electron chi connectivity index (χ2n) is 14.1. The van der Waals surface area contributed by atoms with Crippen LogP contribution in [0.4, 0.5) is 11.4 Å². The molecule has 0 amide bonds. The van der Waals surface area contributed by atoms with Crippen LogP contribution in [0.15, 0.2) is 127 Å². The summed E-state index contributed by atoms with van der Waals surface area (Å²) in [5.41, 5.74) is 14.4. The van der Waals surface area contributed by atoms with Crippen LogP contribution in [0, 0.1) is 0 Å². The third-order valence-corrected chi connectivity index (χ3v) is 9.55. The number of hydrogen-bond acceptors (Lipinski definition) is 2. The van der Waals surface area contributed by atoms with E-state index in [-0.39, 0.29) is 6.98 Å². The molecule has 2 nitrogen and oxygen atoms in total. The third kappa shape index (κ3) is 6.05. The van der Waals surface area contributed by atoms with Crippen LogP contribution < -0.4 is 15.1 Å². The van der Waals surface area contributed by atoms with Gasteiger partial charge in [-0.05, 0) is 62.5 Å². The van der Waals surface area contributed by atoms with Crippen molar-refractivity contribution in [2.75, 3.05) is 9.62 Å².